The fourth-order valence-corrected chi connectivity index (χ4v) is 11.7. The molecule has 53 heavy (non-hydrogen) atoms. The van der Waals surface area contributed by atoms with Crippen molar-refractivity contribution in [3.8, 4) is 11.5 Å². The van der Waals surface area contributed by atoms with Crippen LogP contribution in [0.25, 0.3) is 0 Å². The number of rotatable bonds is 14. The number of nitrogens with one attached hydrogen (secondary N) is 2. The summed E-state index contributed by atoms with van der Waals surface area (Å²) in [7, 11) is 3.56. The van der Waals surface area contributed by atoms with Gasteiger partial charge in [-0.15, -0.1) is 0 Å². The van der Waals surface area contributed by atoms with Crippen molar-refractivity contribution in [2.24, 2.45) is 17.6 Å². The van der Waals surface area contributed by atoms with Crippen molar-refractivity contribution >= 4 is 0 Å². The Labute approximate surface area is 321 Å². The molecule has 7 heteroatoms. The molecule has 2 aromatic carbocycles. The number of piperidine rings is 1. The van der Waals surface area contributed by atoms with Crippen molar-refractivity contribution in [2.75, 3.05) is 34.0 Å². The smallest absolute Gasteiger partial charge is 0.119 e. The third kappa shape index (κ3) is 8.08. The van der Waals surface area contributed by atoms with Crippen LogP contribution in [0.4, 0.5) is 0 Å². The number of benzene rings is 2. The molecule has 5 aliphatic rings. The van der Waals surface area contributed by atoms with Crippen LogP contribution in [0.3, 0.4) is 0 Å². The summed E-state index contributed by atoms with van der Waals surface area (Å²) in [6.07, 6.45) is 17.6. The summed E-state index contributed by atoms with van der Waals surface area (Å²) in [4.78, 5) is 0. The lowest BCUT2D eigenvalue weighted by Crippen LogP contribution is -2.63. The lowest BCUT2D eigenvalue weighted by Gasteiger charge is -2.53. The first-order valence-electron chi connectivity index (χ1n) is 21.2. The van der Waals surface area contributed by atoms with Crippen LogP contribution in [0.15, 0.2) is 36.4 Å². The monoisotopic (exact) mass is 730 g/mol. The van der Waals surface area contributed by atoms with E-state index in [1.807, 2.05) is 6.92 Å². The Morgan fingerprint density at radius 2 is 1.43 bits per heavy atom. The quantitative estimate of drug-likeness (QED) is 0.168. The number of hydrogen-bond acceptors (Lipinski definition) is 7. The molecule has 2 aromatic rings. The van der Waals surface area contributed by atoms with Crippen LogP contribution in [-0.4, -0.2) is 62.9 Å². The fraction of sp³-hybridized carbons (Fsp3) is 0.739. The highest BCUT2D eigenvalue weighted by molar-refractivity contribution is 5.46. The Balaban J connectivity index is 0.891. The molecule has 294 valence electrons. The van der Waals surface area contributed by atoms with Gasteiger partial charge in [-0.3, -0.25) is 0 Å². The van der Waals surface area contributed by atoms with Gasteiger partial charge in [-0.25, -0.2) is 0 Å². The molecule has 2 unspecified atom stereocenters. The minimum absolute atomic E-state index is 0.0846. The first-order valence-corrected chi connectivity index (χ1v) is 21.2. The van der Waals surface area contributed by atoms with Gasteiger partial charge >= 0.3 is 0 Å². The van der Waals surface area contributed by atoms with Gasteiger partial charge in [0.2, 0.25) is 0 Å². The second kappa shape index (κ2) is 15.4. The van der Waals surface area contributed by atoms with Gasteiger partial charge in [-0.2, -0.15) is 0 Å². The summed E-state index contributed by atoms with van der Waals surface area (Å²) >= 11 is 0. The zero-order valence-electron chi connectivity index (χ0n) is 34.2. The van der Waals surface area contributed by atoms with Gasteiger partial charge in [0.15, 0.2) is 0 Å². The number of ether oxygens (including phenoxy) is 4. The fourth-order valence-electron chi connectivity index (χ4n) is 11.7. The van der Waals surface area contributed by atoms with Crippen molar-refractivity contribution in [2.45, 2.75) is 171 Å². The summed E-state index contributed by atoms with van der Waals surface area (Å²) in [5, 5.41) is 8.34. The predicted octanol–water partition coefficient (Wildman–Crippen LogP) is 8.52. The van der Waals surface area contributed by atoms with Crippen LogP contribution in [0, 0.1) is 11.8 Å². The molecule has 2 aliphatic heterocycles. The topological polar surface area (TPSA) is 87.0 Å². The van der Waals surface area contributed by atoms with Crippen molar-refractivity contribution in [3.63, 3.8) is 0 Å². The van der Waals surface area contributed by atoms with Crippen molar-refractivity contribution in [1.29, 1.82) is 0 Å². The van der Waals surface area contributed by atoms with Gasteiger partial charge in [-0.05, 0) is 150 Å². The lowest BCUT2D eigenvalue weighted by atomic mass is 9.59. The highest BCUT2D eigenvalue weighted by Crippen LogP contribution is 2.52. The van der Waals surface area contributed by atoms with Crippen molar-refractivity contribution < 1.29 is 18.9 Å². The van der Waals surface area contributed by atoms with E-state index in [2.05, 4.69) is 74.7 Å². The molecule has 0 aromatic heterocycles. The first-order chi connectivity index (χ1) is 25.3. The van der Waals surface area contributed by atoms with E-state index in [4.69, 9.17) is 24.7 Å². The van der Waals surface area contributed by atoms with E-state index in [1.54, 1.807) is 14.2 Å². The number of methoxy groups -OCH3 is 2. The van der Waals surface area contributed by atoms with Crippen molar-refractivity contribution in [1.82, 2.24) is 10.6 Å². The van der Waals surface area contributed by atoms with Crippen LogP contribution < -0.4 is 25.8 Å². The maximum absolute atomic E-state index is 6.81. The molecule has 3 aliphatic carbocycles. The molecule has 0 spiro atoms. The van der Waals surface area contributed by atoms with Gasteiger partial charge in [0.05, 0.1) is 26.4 Å². The van der Waals surface area contributed by atoms with E-state index in [1.165, 1.54) is 92.9 Å². The Bertz CT molecular complexity index is 1580. The zero-order valence-corrected chi connectivity index (χ0v) is 34.2. The minimum atomic E-state index is -0.695. The van der Waals surface area contributed by atoms with Gasteiger partial charge in [0.1, 0.15) is 17.2 Å². The van der Waals surface area contributed by atoms with Gasteiger partial charge in [-0.1, -0.05) is 51.7 Å². The van der Waals surface area contributed by atoms with Gasteiger partial charge < -0.3 is 35.3 Å². The molecular formula is C46H71N3O4. The molecule has 2 heterocycles. The predicted molar refractivity (Wildman–Crippen MR) is 215 cm³/mol. The molecular weight excluding hydrogens is 659 g/mol. The minimum Gasteiger partial charge on any atom is -0.497 e. The molecule has 3 fully saturated rings. The lowest BCUT2D eigenvalue weighted by molar-refractivity contribution is -0.0834. The molecule has 4 bridgehead atoms. The molecule has 7 nitrogen and oxygen atoms in total. The molecule has 4 N–H and O–H groups in total. The Morgan fingerprint density at radius 1 is 0.755 bits per heavy atom. The highest BCUT2D eigenvalue weighted by Gasteiger charge is 2.53. The molecule has 2 saturated heterocycles. The molecule has 0 radical (unpaired) electrons. The van der Waals surface area contributed by atoms with Gasteiger partial charge in [0.25, 0.3) is 0 Å². The Hall–Kier alpha value is -2.16. The van der Waals surface area contributed by atoms with E-state index in [0.29, 0.717) is 30.5 Å². The second-order valence-corrected chi connectivity index (χ2v) is 19.2. The molecule has 7 rings (SSSR count). The summed E-state index contributed by atoms with van der Waals surface area (Å²) in [5.41, 5.74) is 12.2. The number of nitrogens with two attached hydrogens (primary N) is 1. The third-order valence-corrected chi connectivity index (χ3v) is 14.9. The maximum Gasteiger partial charge on any atom is 0.119 e. The van der Waals surface area contributed by atoms with Gasteiger partial charge in [0, 0.05) is 41.5 Å². The van der Waals surface area contributed by atoms with Crippen LogP contribution in [0.2, 0.25) is 0 Å². The molecule has 0 amide bonds. The Morgan fingerprint density at radius 3 is 2.15 bits per heavy atom. The van der Waals surface area contributed by atoms with Crippen LogP contribution in [0.5, 0.6) is 11.5 Å². The van der Waals surface area contributed by atoms with Crippen LogP contribution in [0.1, 0.15) is 140 Å². The SMILES string of the molecule is COc1ccc2c(c1)[C@@]1(C)CCCCC[C@@H](C2)[C@@H]1NCCC(C)(N)OCCC(C)(C)OCCC12CCC[C@]3(C)c4cc(OC)ccc4C[C@H](CC1)[C@@H]3N2. The van der Waals surface area contributed by atoms with Crippen LogP contribution >= 0.6 is 0 Å². The maximum atomic E-state index is 6.81. The summed E-state index contributed by atoms with van der Waals surface area (Å²) in [6.45, 7) is 13.7. The average molecular weight is 730 g/mol. The second-order valence-electron chi connectivity index (χ2n) is 19.2. The number of fused-ring (bicyclic) bond motifs is 7. The summed E-state index contributed by atoms with van der Waals surface area (Å²) in [5.74, 6) is 3.28. The highest BCUT2D eigenvalue weighted by atomic mass is 16.5. The number of hydrogen-bond donors (Lipinski definition) is 3. The average Bonchev–Trinajstić information content (AvgIpc) is 3.25. The zero-order chi connectivity index (χ0) is 37.5. The van der Waals surface area contributed by atoms with Crippen LogP contribution in [-0.2, 0) is 33.1 Å². The molecule has 1 saturated carbocycles. The summed E-state index contributed by atoms with van der Waals surface area (Å²) < 4.78 is 24.4. The first kappa shape index (κ1) is 39.1. The van der Waals surface area contributed by atoms with E-state index in [0.717, 1.165) is 50.3 Å². The Kier molecular flexibility index (Phi) is 11.4. The largest absolute Gasteiger partial charge is 0.497 e. The standard InChI is InChI=1S/C46H71N3O4/c1-42(2,52-27-24-46-20-11-19-44(4)39-31-37(51-7)16-14-33(39)29-35(17-21-46)41(44)49-46)23-26-53-45(5,47)22-25-48-40-34-12-9-8-10-18-43(40,3)38-30-36(50-6)15-13-32(38)28-34/h13-16,30-31,34-35,40-41,48-49H,8-12,17-29,47H2,1-7H3/t34-,35-,40-,41-,43+,44+,45?,46?/m0/s1. The van der Waals surface area contributed by atoms with E-state index >= 15 is 0 Å². The van der Waals surface area contributed by atoms with E-state index < -0.39 is 5.72 Å². The van der Waals surface area contributed by atoms with E-state index in [9.17, 15) is 0 Å². The third-order valence-electron chi connectivity index (χ3n) is 14.9. The molecule has 8 atom stereocenters. The van der Waals surface area contributed by atoms with E-state index in [-0.39, 0.29) is 22.0 Å². The summed E-state index contributed by atoms with van der Waals surface area (Å²) in [6, 6.07) is 14.5. The van der Waals surface area contributed by atoms with Crippen molar-refractivity contribution in [3.05, 3.63) is 58.7 Å². The normalized spacial score (nSPS) is 33.4.